The Morgan fingerprint density at radius 3 is 2.85 bits per heavy atom. The summed E-state index contributed by atoms with van der Waals surface area (Å²) in [5.41, 5.74) is 0.889. The molecular formula is C10H15FN2. The molecule has 0 aliphatic carbocycles. The molecule has 0 atom stereocenters. The summed E-state index contributed by atoms with van der Waals surface area (Å²) in [5.74, 6) is 0.338. The third kappa shape index (κ3) is 3.99. The van der Waals surface area contributed by atoms with Crippen molar-refractivity contribution in [3.63, 3.8) is 0 Å². The van der Waals surface area contributed by atoms with Crippen LogP contribution >= 0.6 is 0 Å². The summed E-state index contributed by atoms with van der Waals surface area (Å²) in [6.45, 7) is 5.90. The van der Waals surface area contributed by atoms with Crippen LogP contribution in [0.25, 0.3) is 0 Å². The Bertz CT molecular complexity index is 261. The van der Waals surface area contributed by atoms with Crippen LogP contribution in [-0.2, 0) is 6.54 Å². The highest BCUT2D eigenvalue weighted by molar-refractivity contribution is 5.09. The van der Waals surface area contributed by atoms with Crippen molar-refractivity contribution in [2.24, 2.45) is 5.92 Å². The number of nitrogens with one attached hydrogen (secondary N) is 1. The Morgan fingerprint density at radius 1 is 1.46 bits per heavy atom. The van der Waals surface area contributed by atoms with Gasteiger partial charge < -0.3 is 5.32 Å². The molecule has 2 nitrogen and oxygen atoms in total. The fourth-order valence-electron chi connectivity index (χ4n) is 1.06. The van der Waals surface area contributed by atoms with Crippen molar-refractivity contribution in [1.29, 1.82) is 0 Å². The van der Waals surface area contributed by atoms with Gasteiger partial charge in [0.05, 0.1) is 6.20 Å². The van der Waals surface area contributed by atoms with Gasteiger partial charge in [0.1, 0.15) is 5.82 Å². The molecule has 0 saturated heterocycles. The van der Waals surface area contributed by atoms with E-state index in [0.717, 1.165) is 12.1 Å². The van der Waals surface area contributed by atoms with Crippen LogP contribution in [-0.4, -0.2) is 11.5 Å². The lowest BCUT2D eigenvalue weighted by molar-refractivity contribution is 0.549. The Morgan fingerprint density at radius 2 is 2.23 bits per heavy atom. The minimum atomic E-state index is -0.274. The van der Waals surface area contributed by atoms with Gasteiger partial charge >= 0.3 is 0 Å². The number of halogens is 1. The minimum Gasteiger partial charge on any atom is -0.312 e. The predicted octanol–water partition coefficient (Wildman–Crippen LogP) is 1.97. The monoisotopic (exact) mass is 182 g/mol. The molecule has 3 heteroatoms. The van der Waals surface area contributed by atoms with E-state index >= 15 is 0 Å². The van der Waals surface area contributed by atoms with Crippen LogP contribution < -0.4 is 5.32 Å². The zero-order valence-corrected chi connectivity index (χ0v) is 8.05. The second kappa shape index (κ2) is 4.92. The summed E-state index contributed by atoms with van der Waals surface area (Å²) in [7, 11) is 0. The molecule has 1 rings (SSSR count). The SMILES string of the molecule is CC(C)CNCc1cncc(F)c1. The van der Waals surface area contributed by atoms with Crippen molar-refractivity contribution in [3.05, 3.63) is 29.8 Å². The maximum Gasteiger partial charge on any atom is 0.141 e. The lowest BCUT2D eigenvalue weighted by Gasteiger charge is -2.06. The summed E-state index contributed by atoms with van der Waals surface area (Å²) in [6, 6.07) is 1.50. The number of rotatable bonds is 4. The van der Waals surface area contributed by atoms with Crippen molar-refractivity contribution < 1.29 is 4.39 Å². The standard InChI is InChI=1S/C10H15FN2/c1-8(2)4-12-5-9-3-10(11)7-13-6-9/h3,6-8,12H,4-5H2,1-2H3. The first-order valence-electron chi connectivity index (χ1n) is 4.48. The predicted molar refractivity (Wildman–Crippen MR) is 50.7 cm³/mol. The summed E-state index contributed by atoms with van der Waals surface area (Å²) in [4.78, 5) is 3.77. The van der Waals surface area contributed by atoms with Crippen molar-refractivity contribution in [2.75, 3.05) is 6.54 Å². The smallest absolute Gasteiger partial charge is 0.141 e. The van der Waals surface area contributed by atoms with Crippen LogP contribution in [0.3, 0.4) is 0 Å². The zero-order chi connectivity index (χ0) is 9.68. The molecule has 1 aromatic rings. The molecule has 0 aliphatic rings. The highest BCUT2D eigenvalue weighted by atomic mass is 19.1. The van der Waals surface area contributed by atoms with E-state index < -0.39 is 0 Å². The Balaban J connectivity index is 2.37. The molecule has 72 valence electrons. The molecule has 0 saturated carbocycles. The summed E-state index contributed by atoms with van der Waals surface area (Å²) < 4.78 is 12.7. The van der Waals surface area contributed by atoms with Gasteiger partial charge in [-0.1, -0.05) is 13.8 Å². The van der Waals surface area contributed by atoms with E-state index in [2.05, 4.69) is 24.1 Å². The molecule has 1 N–H and O–H groups in total. The molecule has 0 aromatic carbocycles. The van der Waals surface area contributed by atoms with Crippen LogP contribution in [0.1, 0.15) is 19.4 Å². The molecular weight excluding hydrogens is 167 g/mol. The molecule has 0 amide bonds. The molecule has 1 aromatic heterocycles. The van der Waals surface area contributed by atoms with Crippen LogP contribution in [0.2, 0.25) is 0 Å². The minimum absolute atomic E-state index is 0.274. The second-order valence-electron chi connectivity index (χ2n) is 3.54. The Labute approximate surface area is 78.2 Å². The van der Waals surface area contributed by atoms with E-state index in [0.29, 0.717) is 12.5 Å². The molecule has 0 fully saturated rings. The Kier molecular flexibility index (Phi) is 3.83. The molecule has 0 spiro atoms. The first-order chi connectivity index (χ1) is 6.18. The number of nitrogens with zero attached hydrogens (tertiary/aromatic N) is 1. The number of aromatic nitrogens is 1. The van der Waals surface area contributed by atoms with Gasteiger partial charge in [-0.25, -0.2) is 4.39 Å². The lowest BCUT2D eigenvalue weighted by atomic mass is 10.2. The average Bonchev–Trinajstić information content (AvgIpc) is 2.03. The topological polar surface area (TPSA) is 24.9 Å². The highest BCUT2D eigenvalue weighted by Gasteiger charge is 1.96. The maximum absolute atomic E-state index is 12.7. The fourth-order valence-corrected chi connectivity index (χ4v) is 1.06. The normalized spacial score (nSPS) is 10.8. The van der Waals surface area contributed by atoms with E-state index in [-0.39, 0.29) is 5.82 Å². The fraction of sp³-hybridized carbons (Fsp3) is 0.500. The van der Waals surface area contributed by atoms with Crippen molar-refractivity contribution >= 4 is 0 Å². The maximum atomic E-state index is 12.7. The quantitative estimate of drug-likeness (QED) is 0.770. The lowest BCUT2D eigenvalue weighted by Crippen LogP contribution is -2.19. The van der Waals surface area contributed by atoms with Gasteiger partial charge in [0, 0.05) is 12.7 Å². The summed E-state index contributed by atoms with van der Waals surface area (Å²) >= 11 is 0. The molecule has 13 heavy (non-hydrogen) atoms. The second-order valence-corrected chi connectivity index (χ2v) is 3.54. The number of hydrogen-bond donors (Lipinski definition) is 1. The van der Waals surface area contributed by atoms with Gasteiger partial charge in [0.15, 0.2) is 0 Å². The highest BCUT2D eigenvalue weighted by Crippen LogP contribution is 2.00. The first kappa shape index (κ1) is 10.1. The van der Waals surface area contributed by atoms with Gasteiger partial charge in [-0.2, -0.15) is 0 Å². The van der Waals surface area contributed by atoms with E-state index in [4.69, 9.17) is 0 Å². The van der Waals surface area contributed by atoms with E-state index in [1.807, 2.05) is 0 Å². The summed E-state index contributed by atoms with van der Waals surface area (Å²) in [5, 5.41) is 3.22. The number of pyridine rings is 1. The third-order valence-corrected chi connectivity index (χ3v) is 1.64. The molecule has 0 bridgehead atoms. The van der Waals surface area contributed by atoms with Crippen LogP contribution in [0.4, 0.5) is 4.39 Å². The van der Waals surface area contributed by atoms with E-state index in [9.17, 15) is 4.39 Å². The van der Waals surface area contributed by atoms with Crippen molar-refractivity contribution in [2.45, 2.75) is 20.4 Å². The molecule has 0 unspecified atom stereocenters. The summed E-state index contributed by atoms with van der Waals surface area (Å²) in [6.07, 6.45) is 2.89. The van der Waals surface area contributed by atoms with Crippen LogP contribution in [0, 0.1) is 11.7 Å². The van der Waals surface area contributed by atoms with Crippen molar-refractivity contribution in [1.82, 2.24) is 10.3 Å². The van der Waals surface area contributed by atoms with Gasteiger partial charge in [-0.15, -0.1) is 0 Å². The largest absolute Gasteiger partial charge is 0.312 e. The van der Waals surface area contributed by atoms with Gasteiger partial charge in [-0.3, -0.25) is 4.98 Å². The van der Waals surface area contributed by atoms with Gasteiger partial charge in [-0.05, 0) is 24.1 Å². The van der Waals surface area contributed by atoms with Crippen molar-refractivity contribution in [3.8, 4) is 0 Å². The third-order valence-electron chi connectivity index (χ3n) is 1.64. The number of hydrogen-bond acceptors (Lipinski definition) is 2. The van der Waals surface area contributed by atoms with Gasteiger partial charge in [0.25, 0.3) is 0 Å². The first-order valence-corrected chi connectivity index (χ1v) is 4.48. The van der Waals surface area contributed by atoms with Gasteiger partial charge in [0.2, 0.25) is 0 Å². The van der Waals surface area contributed by atoms with Crippen LogP contribution in [0.15, 0.2) is 18.5 Å². The van der Waals surface area contributed by atoms with E-state index in [1.54, 1.807) is 6.20 Å². The van der Waals surface area contributed by atoms with Crippen LogP contribution in [0.5, 0.6) is 0 Å². The molecule has 0 radical (unpaired) electrons. The molecule has 1 heterocycles. The zero-order valence-electron chi connectivity index (χ0n) is 8.05. The Hall–Kier alpha value is -0.960. The van der Waals surface area contributed by atoms with E-state index in [1.165, 1.54) is 12.3 Å². The average molecular weight is 182 g/mol. The molecule has 0 aliphatic heterocycles.